The zero-order valence-corrected chi connectivity index (χ0v) is 11.7. The molecule has 0 saturated heterocycles. The summed E-state index contributed by atoms with van der Waals surface area (Å²) in [7, 11) is 0. The molecule has 1 aromatic rings. The molecule has 1 unspecified atom stereocenters. The molecule has 2 rings (SSSR count). The van der Waals surface area contributed by atoms with Crippen molar-refractivity contribution >= 4 is 5.91 Å². The zero-order valence-electron chi connectivity index (χ0n) is 11.7. The van der Waals surface area contributed by atoms with E-state index in [9.17, 15) is 4.79 Å². The van der Waals surface area contributed by atoms with Crippen molar-refractivity contribution < 1.29 is 4.79 Å². The first kappa shape index (κ1) is 14.1. The highest BCUT2D eigenvalue weighted by atomic mass is 16.1. The Kier molecular flexibility index (Phi) is 4.97. The van der Waals surface area contributed by atoms with Gasteiger partial charge in [-0.25, -0.2) is 0 Å². The molecule has 19 heavy (non-hydrogen) atoms. The summed E-state index contributed by atoms with van der Waals surface area (Å²) in [6, 6.07) is 9.30. The molecule has 1 saturated carbocycles. The molecular weight excluding hydrogens is 236 g/mol. The van der Waals surface area contributed by atoms with Gasteiger partial charge in [-0.1, -0.05) is 29.8 Å². The molecule has 0 radical (unpaired) electrons. The van der Waals surface area contributed by atoms with Gasteiger partial charge in [0.25, 0.3) is 0 Å². The van der Waals surface area contributed by atoms with Crippen molar-refractivity contribution in [3.05, 3.63) is 35.4 Å². The number of rotatable bonds is 8. The van der Waals surface area contributed by atoms with Gasteiger partial charge in [0.15, 0.2) is 0 Å². The third kappa shape index (κ3) is 4.67. The third-order valence-corrected chi connectivity index (χ3v) is 3.74. The van der Waals surface area contributed by atoms with E-state index in [4.69, 9.17) is 5.73 Å². The Labute approximate surface area is 115 Å². The van der Waals surface area contributed by atoms with Crippen LogP contribution in [0.5, 0.6) is 0 Å². The lowest BCUT2D eigenvalue weighted by Crippen LogP contribution is -2.24. The van der Waals surface area contributed by atoms with Crippen LogP contribution in [0.15, 0.2) is 24.3 Å². The van der Waals surface area contributed by atoms with Crippen LogP contribution in [0.4, 0.5) is 0 Å². The Bertz CT molecular complexity index is 409. The quantitative estimate of drug-likeness (QED) is 0.706. The number of hydrogen-bond donors (Lipinski definition) is 2. The van der Waals surface area contributed by atoms with E-state index in [1.807, 2.05) is 0 Å². The maximum Gasteiger partial charge on any atom is 0.217 e. The second kappa shape index (κ2) is 6.71. The molecule has 1 atom stereocenters. The van der Waals surface area contributed by atoms with E-state index in [2.05, 4.69) is 36.5 Å². The SMILES string of the molecule is Cc1ccc(C(NCCCCC(N)=O)C2CC2)cc1. The molecular formula is C16H24N2O. The van der Waals surface area contributed by atoms with Crippen LogP contribution in [0.3, 0.4) is 0 Å². The second-order valence-corrected chi connectivity index (χ2v) is 5.60. The van der Waals surface area contributed by atoms with Gasteiger partial charge in [0.1, 0.15) is 0 Å². The minimum atomic E-state index is -0.197. The standard InChI is InChI=1S/C16H24N2O/c1-12-5-7-13(8-6-12)16(14-9-10-14)18-11-3-2-4-15(17)19/h5-8,14,16,18H,2-4,9-11H2,1H3,(H2,17,19). The number of aryl methyl sites for hydroxylation is 1. The second-order valence-electron chi connectivity index (χ2n) is 5.60. The molecule has 3 nitrogen and oxygen atoms in total. The Hall–Kier alpha value is -1.35. The van der Waals surface area contributed by atoms with Crippen molar-refractivity contribution in [2.45, 2.75) is 45.1 Å². The smallest absolute Gasteiger partial charge is 0.217 e. The first-order valence-electron chi connectivity index (χ1n) is 7.25. The van der Waals surface area contributed by atoms with Crippen LogP contribution >= 0.6 is 0 Å². The Morgan fingerprint density at radius 3 is 2.58 bits per heavy atom. The van der Waals surface area contributed by atoms with E-state index < -0.39 is 0 Å². The molecule has 3 heteroatoms. The number of primary amides is 1. The monoisotopic (exact) mass is 260 g/mol. The normalized spacial score (nSPS) is 16.3. The molecule has 0 aliphatic heterocycles. The zero-order chi connectivity index (χ0) is 13.7. The Balaban J connectivity index is 1.80. The van der Waals surface area contributed by atoms with Gasteiger partial charge in [-0.05, 0) is 50.6 Å². The van der Waals surface area contributed by atoms with Crippen molar-refractivity contribution in [3.63, 3.8) is 0 Å². The van der Waals surface area contributed by atoms with Gasteiger partial charge in [0.05, 0.1) is 0 Å². The molecule has 1 aromatic carbocycles. The van der Waals surface area contributed by atoms with E-state index in [0.717, 1.165) is 25.3 Å². The van der Waals surface area contributed by atoms with Gasteiger partial charge < -0.3 is 11.1 Å². The van der Waals surface area contributed by atoms with E-state index >= 15 is 0 Å². The number of carbonyl (C=O) groups is 1. The topological polar surface area (TPSA) is 55.1 Å². The molecule has 0 spiro atoms. The summed E-state index contributed by atoms with van der Waals surface area (Å²) < 4.78 is 0. The summed E-state index contributed by atoms with van der Waals surface area (Å²) in [6.07, 6.45) is 5.05. The molecule has 1 aliphatic rings. The summed E-state index contributed by atoms with van der Waals surface area (Å²) in [5.41, 5.74) is 7.84. The lowest BCUT2D eigenvalue weighted by Gasteiger charge is -2.19. The van der Waals surface area contributed by atoms with Crippen LogP contribution in [0.25, 0.3) is 0 Å². The van der Waals surface area contributed by atoms with Crippen molar-refractivity contribution in [3.8, 4) is 0 Å². The first-order chi connectivity index (χ1) is 9.16. The molecule has 0 heterocycles. The highest BCUT2D eigenvalue weighted by Gasteiger charge is 2.31. The fraction of sp³-hybridized carbons (Fsp3) is 0.562. The van der Waals surface area contributed by atoms with Crippen LogP contribution < -0.4 is 11.1 Å². The van der Waals surface area contributed by atoms with Gasteiger partial charge in [-0.2, -0.15) is 0 Å². The van der Waals surface area contributed by atoms with Gasteiger partial charge in [-0.3, -0.25) is 4.79 Å². The molecule has 0 bridgehead atoms. The number of unbranched alkanes of at least 4 members (excludes halogenated alkanes) is 1. The lowest BCUT2D eigenvalue weighted by atomic mass is 10.0. The number of nitrogens with two attached hydrogens (primary N) is 1. The predicted octanol–water partition coefficient (Wildman–Crippen LogP) is 2.69. The van der Waals surface area contributed by atoms with Crippen LogP contribution in [0.2, 0.25) is 0 Å². The maximum atomic E-state index is 10.7. The van der Waals surface area contributed by atoms with Gasteiger partial charge in [-0.15, -0.1) is 0 Å². The number of benzene rings is 1. The number of nitrogens with one attached hydrogen (secondary N) is 1. The molecule has 104 valence electrons. The average Bonchev–Trinajstić information content (AvgIpc) is 3.19. The van der Waals surface area contributed by atoms with Crippen molar-refractivity contribution in [1.29, 1.82) is 0 Å². The molecule has 0 aromatic heterocycles. The van der Waals surface area contributed by atoms with Crippen molar-refractivity contribution in [2.24, 2.45) is 11.7 Å². The molecule has 1 amide bonds. The number of carbonyl (C=O) groups excluding carboxylic acids is 1. The Morgan fingerprint density at radius 2 is 2.00 bits per heavy atom. The lowest BCUT2D eigenvalue weighted by molar-refractivity contribution is -0.118. The van der Waals surface area contributed by atoms with E-state index in [-0.39, 0.29) is 5.91 Å². The van der Waals surface area contributed by atoms with Crippen molar-refractivity contribution in [1.82, 2.24) is 5.32 Å². The summed E-state index contributed by atoms with van der Waals surface area (Å²) in [4.78, 5) is 10.7. The van der Waals surface area contributed by atoms with Crippen LogP contribution in [0.1, 0.15) is 49.3 Å². The highest BCUT2D eigenvalue weighted by Crippen LogP contribution is 2.40. The van der Waals surface area contributed by atoms with Gasteiger partial charge in [0, 0.05) is 12.5 Å². The Morgan fingerprint density at radius 1 is 1.32 bits per heavy atom. The molecule has 1 fully saturated rings. The number of hydrogen-bond acceptors (Lipinski definition) is 2. The van der Waals surface area contributed by atoms with Crippen LogP contribution in [-0.4, -0.2) is 12.5 Å². The van der Waals surface area contributed by atoms with E-state index in [1.165, 1.54) is 24.0 Å². The van der Waals surface area contributed by atoms with Crippen molar-refractivity contribution in [2.75, 3.05) is 6.54 Å². The molecule has 3 N–H and O–H groups in total. The minimum Gasteiger partial charge on any atom is -0.370 e. The fourth-order valence-corrected chi connectivity index (χ4v) is 2.44. The summed E-state index contributed by atoms with van der Waals surface area (Å²) in [5.74, 6) is 0.594. The molecule has 1 aliphatic carbocycles. The van der Waals surface area contributed by atoms with Gasteiger partial charge in [0.2, 0.25) is 5.91 Å². The fourth-order valence-electron chi connectivity index (χ4n) is 2.44. The first-order valence-corrected chi connectivity index (χ1v) is 7.25. The summed E-state index contributed by atoms with van der Waals surface area (Å²) in [6.45, 7) is 3.08. The van der Waals surface area contributed by atoms with Crippen LogP contribution in [0, 0.1) is 12.8 Å². The van der Waals surface area contributed by atoms with E-state index in [0.29, 0.717) is 12.5 Å². The average molecular weight is 260 g/mol. The van der Waals surface area contributed by atoms with Crippen LogP contribution in [-0.2, 0) is 4.79 Å². The number of amides is 1. The summed E-state index contributed by atoms with van der Waals surface area (Å²) in [5, 5.41) is 3.64. The predicted molar refractivity (Wildman–Crippen MR) is 77.7 cm³/mol. The minimum absolute atomic E-state index is 0.197. The third-order valence-electron chi connectivity index (χ3n) is 3.74. The largest absolute Gasteiger partial charge is 0.370 e. The van der Waals surface area contributed by atoms with E-state index in [1.54, 1.807) is 0 Å². The van der Waals surface area contributed by atoms with Gasteiger partial charge >= 0.3 is 0 Å². The summed E-state index contributed by atoms with van der Waals surface area (Å²) >= 11 is 0. The maximum absolute atomic E-state index is 10.7. The highest BCUT2D eigenvalue weighted by molar-refractivity contribution is 5.73.